The highest BCUT2D eigenvalue weighted by Gasteiger charge is 2.09. The summed E-state index contributed by atoms with van der Waals surface area (Å²) < 4.78 is 0. The number of hydrogen-bond acceptors (Lipinski definition) is 3. The van der Waals surface area contributed by atoms with Crippen molar-refractivity contribution in [2.45, 2.75) is 45.8 Å². The molecule has 1 heterocycles. The van der Waals surface area contributed by atoms with Crippen molar-refractivity contribution >= 4 is 11.3 Å². The second kappa shape index (κ2) is 6.26. The van der Waals surface area contributed by atoms with E-state index < -0.39 is 0 Å². The van der Waals surface area contributed by atoms with E-state index in [9.17, 15) is 5.11 Å². The molecule has 0 amide bonds. The first-order chi connectivity index (χ1) is 7.17. The highest BCUT2D eigenvalue weighted by molar-refractivity contribution is 7.12. The van der Waals surface area contributed by atoms with Gasteiger partial charge in [0.15, 0.2) is 0 Å². The van der Waals surface area contributed by atoms with E-state index in [2.05, 4.69) is 31.3 Å². The molecule has 0 aliphatic heterocycles. The summed E-state index contributed by atoms with van der Waals surface area (Å²) in [7, 11) is 0. The third-order valence-electron chi connectivity index (χ3n) is 2.59. The average Bonchev–Trinajstić information content (AvgIpc) is 2.73. The zero-order valence-electron chi connectivity index (χ0n) is 9.79. The van der Waals surface area contributed by atoms with Crippen molar-refractivity contribution in [2.24, 2.45) is 0 Å². The Bertz CT molecular complexity index is 285. The van der Waals surface area contributed by atoms with E-state index in [1.165, 1.54) is 9.75 Å². The van der Waals surface area contributed by atoms with Gasteiger partial charge < -0.3 is 10.4 Å². The molecule has 15 heavy (non-hydrogen) atoms. The lowest BCUT2D eigenvalue weighted by molar-refractivity contribution is 0.164. The summed E-state index contributed by atoms with van der Waals surface area (Å²) in [5.41, 5.74) is 0. The van der Waals surface area contributed by atoms with Crippen LogP contribution in [0.15, 0.2) is 12.1 Å². The lowest BCUT2D eigenvalue weighted by Gasteiger charge is -2.14. The number of rotatable bonds is 6. The van der Waals surface area contributed by atoms with Crippen molar-refractivity contribution in [1.29, 1.82) is 0 Å². The minimum absolute atomic E-state index is 0.224. The van der Waals surface area contributed by atoms with Gasteiger partial charge in [0.25, 0.3) is 0 Å². The van der Waals surface area contributed by atoms with Gasteiger partial charge in [-0.15, -0.1) is 11.3 Å². The standard InChI is InChI=1S/C12H21NOS/c1-4-10(14)8-13-9(3)12-7-6-11(5-2)15-12/h6-7,9-10,13-14H,4-5,8H2,1-3H3. The molecule has 2 nitrogen and oxygen atoms in total. The van der Waals surface area contributed by atoms with E-state index in [1.54, 1.807) is 0 Å². The molecule has 2 atom stereocenters. The highest BCUT2D eigenvalue weighted by Crippen LogP contribution is 2.23. The van der Waals surface area contributed by atoms with Gasteiger partial charge in [-0.25, -0.2) is 0 Å². The topological polar surface area (TPSA) is 32.3 Å². The number of aryl methyl sites for hydroxylation is 1. The van der Waals surface area contributed by atoms with E-state index in [-0.39, 0.29) is 6.10 Å². The summed E-state index contributed by atoms with van der Waals surface area (Å²) in [6.07, 6.45) is 1.69. The van der Waals surface area contributed by atoms with Crippen LogP contribution in [0.5, 0.6) is 0 Å². The zero-order valence-corrected chi connectivity index (χ0v) is 10.6. The molecule has 0 aromatic carbocycles. The lowest BCUT2D eigenvalue weighted by Crippen LogP contribution is -2.28. The molecule has 1 aromatic heterocycles. The van der Waals surface area contributed by atoms with Crippen LogP contribution in [0.2, 0.25) is 0 Å². The Balaban J connectivity index is 2.42. The molecule has 1 rings (SSSR count). The molecule has 2 unspecified atom stereocenters. The Morgan fingerprint density at radius 1 is 1.40 bits per heavy atom. The predicted molar refractivity (Wildman–Crippen MR) is 66.4 cm³/mol. The Kier molecular flexibility index (Phi) is 5.29. The molecule has 2 N–H and O–H groups in total. The van der Waals surface area contributed by atoms with Gasteiger partial charge in [0.05, 0.1) is 6.10 Å². The van der Waals surface area contributed by atoms with Crippen LogP contribution in [-0.2, 0) is 6.42 Å². The van der Waals surface area contributed by atoms with Crippen LogP contribution in [0, 0.1) is 0 Å². The van der Waals surface area contributed by atoms with Crippen molar-refractivity contribution in [2.75, 3.05) is 6.54 Å². The van der Waals surface area contributed by atoms with E-state index in [0.717, 1.165) is 12.8 Å². The van der Waals surface area contributed by atoms with Gasteiger partial charge in [0.2, 0.25) is 0 Å². The minimum Gasteiger partial charge on any atom is -0.392 e. The second-order valence-corrected chi connectivity index (χ2v) is 5.05. The monoisotopic (exact) mass is 227 g/mol. The number of thiophene rings is 1. The van der Waals surface area contributed by atoms with Crippen LogP contribution < -0.4 is 5.32 Å². The molecular weight excluding hydrogens is 206 g/mol. The predicted octanol–water partition coefficient (Wildman–Crippen LogP) is 2.73. The van der Waals surface area contributed by atoms with Gasteiger partial charge in [-0.2, -0.15) is 0 Å². The Hall–Kier alpha value is -0.380. The lowest BCUT2D eigenvalue weighted by atomic mass is 10.2. The zero-order chi connectivity index (χ0) is 11.3. The van der Waals surface area contributed by atoms with E-state index >= 15 is 0 Å². The summed E-state index contributed by atoms with van der Waals surface area (Å²) in [6.45, 7) is 7.00. The second-order valence-electron chi connectivity index (χ2n) is 3.85. The highest BCUT2D eigenvalue weighted by atomic mass is 32.1. The molecule has 0 saturated carbocycles. The van der Waals surface area contributed by atoms with Gasteiger partial charge in [0, 0.05) is 22.3 Å². The number of aliphatic hydroxyl groups is 1. The van der Waals surface area contributed by atoms with E-state index in [0.29, 0.717) is 12.6 Å². The van der Waals surface area contributed by atoms with Crippen molar-refractivity contribution in [3.8, 4) is 0 Å². The summed E-state index contributed by atoms with van der Waals surface area (Å²) in [6, 6.07) is 4.71. The summed E-state index contributed by atoms with van der Waals surface area (Å²) in [5, 5.41) is 12.8. The van der Waals surface area contributed by atoms with Gasteiger partial charge in [0.1, 0.15) is 0 Å². The SMILES string of the molecule is CCc1ccc(C(C)NCC(O)CC)s1. The van der Waals surface area contributed by atoms with Crippen LogP contribution in [0.25, 0.3) is 0 Å². The van der Waals surface area contributed by atoms with Crippen molar-refractivity contribution in [3.05, 3.63) is 21.9 Å². The van der Waals surface area contributed by atoms with Gasteiger partial charge in [-0.1, -0.05) is 13.8 Å². The molecule has 0 bridgehead atoms. The van der Waals surface area contributed by atoms with Gasteiger partial charge in [-0.05, 0) is 31.9 Å². The third-order valence-corrected chi connectivity index (χ3v) is 4.00. The molecule has 0 radical (unpaired) electrons. The largest absolute Gasteiger partial charge is 0.392 e. The van der Waals surface area contributed by atoms with Gasteiger partial charge >= 0.3 is 0 Å². The summed E-state index contributed by atoms with van der Waals surface area (Å²) in [4.78, 5) is 2.78. The maximum absolute atomic E-state index is 9.45. The van der Waals surface area contributed by atoms with Gasteiger partial charge in [-0.3, -0.25) is 0 Å². The van der Waals surface area contributed by atoms with Crippen LogP contribution in [0.1, 0.15) is 43.0 Å². The first-order valence-corrected chi connectivity index (χ1v) is 6.49. The molecule has 1 aromatic rings. The maximum atomic E-state index is 9.45. The quantitative estimate of drug-likeness (QED) is 0.783. The third kappa shape index (κ3) is 3.93. The molecule has 3 heteroatoms. The number of hydrogen-bond donors (Lipinski definition) is 2. The fourth-order valence-corrected chi connectivity index (χ4v) is 2.35. The fourth-order valence-electron chi connectivity index (χ4n) is 1.37. The molecule has 0 saturated heterocycles. The first kappa shape index (κ1) is 12.7. The molecule has 0 aliphatic carbocycles. The van der Waals surface area contributed by atoms with Crippen molar-refractivity contribution in [1.82, 2.24) is 5.32 Å². The molecule has 0 aliphatic rings. The minimum atomic E-state index is -0.224. The molecule has 0 spiro atoms. The normalized spacial score (nSPS) is 15.2. The Morgan fingerprint density at radius 3 is 2.67 bits per heavy atom. The Labute approximate surface area is 96.3 Å². The Morgan fingerprint density at radius 2 is 2.13 bits per heavy atom. The maximum Gasteiger partial charge on any atom is 0.0662 e. The van der Waals surface area contributed by atoms with Crippen LogP contribution in [-0.4, -0.2) is 17.8 Å². The van der Waals surface area contributed by atoms with Crippen molar-refractivity contribution in [3.63, 3.8) is 0 Å². The summed E-state index contributed by atoms with van der Waals surface area (Å²) >= 11 is 1.86. The van der Waals surface area contributed by atoms with Crippen LogP contribution >= 0.6 is 11.3 Å². The van der Waals surface area contributed by atoms with E-state index in [1.807, 2.05) is 18.3 Å². The molecular formula is C12H21NOS. The first-order valence-electron chi connectivity index (χ1n) is 5.67. The van der Waals surface area contributed by atoms with Crippen LogP contribution in [0.4, 0.5) is 0 Å². The number of nitrogens with one attached hydrogen (secondary N) is 1. The summed E-state index contributed by atoms with van der Waals surface area (Å²) in [5.74, 6) is 0. The average molecular weight is 227 g/mol. The van der Waals surface area contributed by atoms with Crippen LogP contribution in [0.3, 0.4) is 0 Å². The smallest absolute Gasteiger partial charge is 0.0662 e. The van der Waals surface area contributed by atoms with Crippen molar-refractivity contribution < 1.29 is 5.11 Å². The fraction of sp³-hybridized carbons (Fsp3) is 0.667. The molecule has 86 valence electrons. The van der Waals surface area contributed by atoms with E-state index in [4.69, 9.17) is 0 Å². The molecule has 0 fully saturated rings. The number of aliphatic hydroxyl groups excluding tert-OH is 1.